The fourth-order valence-corrected chi connectivity index (χ4v) is 2.68. The van der Waals surface area contributed by atoms with E-state index in [-0.39, 0.29) is 17.4 Å². The van der Waals surface area contributed by atoms with Crippen molar-refractivity contribution in [3.8, 4) is 0 Å². The van der Waals surface area contributed by atoms with Crippen molar-refractivity contribution in [2.75, 3.05) is 19.0 Å². The van der Waals surface area contributed by atoms with E-state index in [4.69, 9.17) is 0 Å². The molecule has 0 atom stereocenters. The summed E-state index contributed by atoms with van der Waals surface area (Å²) in [5, 5.41) is 5.50. The normalized spacial score (nSPS) is 10.5. The number of anilines is 1. The van der Waals surface area contributed by atoms with Gasteiger partial charge in [0.05, 0.1) is 18.2 Å². The standard InChI is InChI=1S/C20H20N4O4/c1-3-11-21-19(26)17-23-16(15-6-4-5-12-24(15)17)18(25)22-14-9-7-13(8-10-14)20(27)28-2/h4-10,12H,3,11H2,1-2H3,(H,21,26)(H,22,25). The number of benzene rings is 1. The minimum absolute atomic E-state index is 0.138. The molecule has 3 aromatic rings. The molecule has 0 radical (unpaired) electrons. The van der Waals surface area contributed by atoms with Crippen LogP contribution in [0.15, 0.2) is 48.7 Å². The second-order valence-corrected chi connectivity index (χ2v) is 6.02. The Morgan fingerprint density at radius 3 is 2.50 bits per heavy atom. The Labute approximate surface area is 161 Å². The number of hydrogen-bond acceptors (Lipinski definition) is 5. The lowest BCUT2D eigenvalue weighted by molar-refractivity contribution is 0.0600. The average Bonchev–Trinajstić information content (AvgIpc) is 3.12. The molecule has 2 heterocycles. The third kappa shape index (κ3) is 3.85. The summed E-state index contributed by atoms with van der Waals surface area (Å²) in [6.07, 6.45) is 2.48. The molecule has 0 spiro atoms. The molecule has 2 aromatic heterocycles. The van der Waals surface area contributed by atoms with Crippen molar-refractivity contribution >= 4 is 29.0 Å². The number of amides is 2. The zero-order valence-electron chi connectivity index (χ0n) is 15.6. The highest BCUT2D eigenvalue weighted by Crippen LogP contribution is 2.17. The second kappa shape index (κ2) is 8.34. The summed E-state index contributed by atoms with van der Waals surface area (Å²) < 4.78 is 6.23. The van der Waals surface area contributed by atoms with Crippen molar-refractivity contribution in [3.63, 3.8) is 0 Å². The molecule has 0 aliphatic rings. The number of aromatic nitrogens is 2. The van der Waals surface area contributed by atoms with E-state index in [2.05, 4.69) is 20.4 Å². The summed E-state index contributed by atoms with van der Waals surface area (Å²) in [5.41, 5.74) is 1.53. The Morgan fingerprint density at radius 2 is 1.82 bits per heavy atom. The van der Waals surface area contributed by atoms with Gasteiger partial charge in [-0.05, 0) is 42.8 Å². The van der Waals surface area contributed by atoms with Gasteiger partial charge in [0.25, 0.3) is 11.8 Å². The number of methoxy groups -OCH3 is 1. The van der Waals surface area contributed by atoms with Crippen molar-refractivity contribution in [2.24, 2.45) is 0 Å². The number of fused-ring (bicyclic) bond motifs is 1. The van der Waals surface area contributed by atoms with E-state index in [1.54, 1.807) is 53.1 Å². The summed E-state index contributed by atoms with van der Waals surface area (Å²) in [6, 6.07) is 11.5. The van der Waals surface area contributed by atoms with Crippen LogP contribution < -0.4 is 10.6 Å². The molecule has 8 heteroatoms. The SMILES string of the molecule is CCCNC(=O)c1nc(C(=O)Nc2ccc(C(=O)OC)cc2)c2ccccn12. The predicted octanol–water partition coefficient (Wildman–Crippen LogP) is 2.51. The quantitative estimate of drug-likeness (QED) is 0.640. The monoisotopic (exact) mass is 380 g/mol. The first-order valence-corrected chi connectivity index (χ1v) is 8.80. The molecule has 0 fully saturated rings. The summed E-state index contributed by atoms with van der Waals surface area (Å²) in [4.78, 5) is 40.9. The molecule has 28 heavy (non-hydrogen) atoms. The largest absolute Gasteiger partial charge is 0.465 e. The van der Waals surface area contributed by atoms with Crippen molar-refractivity contribution in [1.29, 1.82) is 0 Å². The highest BCUT2D eigenvalue weighted by atomic mass is 16.5. The van der Waals surface area contributed by atoms with Gasteiger partial charge >= 0.3 is 5.97 Å². The third-order valence-corrected chi connectivity index (χ3v) is 4.07. The number of rotatable bonds is 6. The Morgan fingerprint density at radius 1 is 1.07 bits per heavy atom. The van der Waals surface area contributed by atoms with Crippen molar-refractivity contribution in [3.05, 3.63) is 65.7 Å². The number of hydrogen-bond donors (Lipinski definition) is 2. The number of carbonyl (C=O) groups excluding carboxylic acids is 3. The molecule has 3 rings (SSSR count). The second-order valence-electron chi connectivity index (χ2n) is 6.02. The van der Waals surface area contributed by atoms with E-state index in [1.807, 2.05) is 6.92 Å². The third-order valence-electron chi connectivity index (χ3n) is 4.07. The minimum Gasteiger partial charge on any atom is -0.465 e. The molecule has 0 saturated carbocycles. The van der Waals surface area contributed by atoms with E-state index in [9.17, 15) is 14.4 Å². The molecular formula is C20H20N4O4. The minimum atomic E-state index is -0.458. The highest BCUT2D eigenvalue weighted by molar-refractivity contribution is 6.09. The van der Waals surface area contributed by atoms with Gasteiger partial charge in [0.1, 0.15) is 0 Å². The first-order chi connectivity index (χ1) is 13.5. The van der Waals surface area contributed by atoms with Crippen LogP contribution in [0.2, 0.25) is 0 Å². The molecule has 1 aromatic carbocycles. The van der Waals surface area contributed by atoms with Crippen LogP contribution in [0, 0.1) is 0 Å². The number of ether oxygens (including phenoxy) is 1. The molecule has 8 nitrogen and oxygen atoms in total. The van der Waals surface area contributed by atoms with Crippen LogP contribution in [-0.2, 0) is 4.74 Å². The number of nitrogens with one attached hydrogen (secondary N) is 2. The maximum Gasteiger partial charge on any atom is 0.337 e. The maximum atomic E-state index is 12.7. The van der Waals surface area contributed by atoms with Gasteiger partial charge in [-0.15, -0.1) is 0 Å². The van der Waals surface area contributed by atoms with Crippen molar-refractivity contribution in [2.45, 2.75) is 13.3 Å². The number of imidazole rings is 1. The lowest BCUT2D eigenvalue weighted by Gasteiger charge is -2.05. The van der Waals surface area contributed by atoms with Gasteiger partial charge in [0, 0.05) is 18.4 Å². The van der Waals surface area contributed by atoms with Gasteiger partial charge < -0.3 is 15.4 Å². The van der Waals surface area contributed by atoms with Gasteiger partial charge in [0.2, 0.25) is 5.82 Å². The lowest BCUT2D eigenvalue weighted by atomic mass is 10.2. The average molecular weight is 380 g/mol. The van der Waals surface area contributed by atoms with E-state index >= 15 is 0 Å². The summed E-state index contributed by atoms with van der Waals surface area (Å²) in [7, 11) is 1.30. The number of carbonyl (C=O) groups is 3. The Balaban J connectivity index is 1.87. The Bertz CT molecular complexity index is 1020. The van der Waals surface area contributed by atoms with Gasteiger partial charge in [-0.1, -0.05) is 13.0 Å². The van der Waals surface area contributed by atoms with Gasteiger partial charge in [-0.2, -0.15) is 0 Å². The first kappa shape index (κ1) is 19.1. The zero-order valence-corrected chi connectivity index (χ0v) is 15.6. The van der Waals surface area contributed by atoms with Crippen LogP contribution in [0.3, 0.4) is 0 Å². The molecule has 2 amide bonds. The van der Waals surface area contributed by atoms with E-state index in [0.717, 1.165) is 6.42 Å². The van der Waals surface area contributed by atoms with E-state index in [1.165, 1.54) is 7.11 Å². The number of pyridine rings is 1. The Kier molecular flexibility index (Phi) is 5.69. The smallest absolute Gasteiger partial charge is 0.337 e. The van der Waals surface area contributed by atoms with E-state index in [0.29, 0.717) is 23.3 Å². The molecular weight excluding hydrogens is 360 g/mol. The summed E-state index contributed by atoms with van der Waals surface area (Å²) >= 11 is 0. The van der Waals surface area contributed by atoms with E-state index < -0.39 is 11.9 Å². The van der Waals surface area contributed by atoms with Crippen LogP contribution >= 0.6 is 0 Å². The molecule has 0 unspecified atom stereocenters. The fraction of sp³-hybridized carbons (Fsp3) is 0.200. The molecule has 2 N–H and O–H groups in total. The van der Waals surface area contributed by atoms with Crippen LogP contribution in [0.5, 0.6) is 0 Å². The highest BCUT2D eigenvalue weighted by Gasteiger charge is 2.21. The first-order valence-electron chi connectivity index (χ1n) is 8.80. The zero-order chi connectivity index (χ0) is 20.1. The maximum absolute atomic E-state index is 12.7. The van der Waals surface area contributed by atoms with Gasteiger partial charge in [-0.25, -0.2) is 9.78 Å². The van der Waals surface area contributed by atoms with Gasteiger partial charge in [-0.3, -0.25) is 14.0 Å². The number of nitrogens with zero attached hydrogens (tertiary/aromatic N) is 2. The van der Waals surface area contributed by atoms with Crippen molar-refractivity contribution in [1.82, 2.24) is 14.7 Å². The topological polar surface area (TPSA) is 102 Å². The molecule has 0 aliphatic carbocycles. The number of esters is 1. The van der Waals surface area contributed by atoms with Gasteiger partial charge in [0.15, 0.2) is 5.69 Å². The summed E-state index contributed by atoms with van der Waals surface area (Å²) in [5.74, 6) is -1.11. The molecule has 0 bridgehead atoms. The summed E-state index contributed by atoms with van der Waals surface area (Å²) in [6.45, 7) is 2.48. The predicted molar refractivity (Wildman–Crippen MR) is 104 cm³/mol. The van der Waals surface area contributed by atoms with Crippen LogP contribution in [0.4, 0.5) is 5.69 Å². The molecule has 144 valence electrons. The molecule has 0 saturated heterocycles. The fourth-order valence-electron chi connectivity index (χ4n) is 2.68. The lowest BCUT2D eigenvalue weighted by Crippen LogP contribution is -2.26. The van der Waals surface area contributed by atoms with Crippen molar-refractivity contribution < 1.29 is 19.1 Å². The van der Waals surface area contributed by atoms with Crippen LogP contribution in [0.25, 0.3) is 5.52 Å². The van der Waals surface area contributed by atoms with Crippen LogP contribution in [0.1, 0.15) is 44.8 Å². The molecule has 0 aliphatic heterocycles. The Hall–Kier alpha value is -3.68. The van der Waals surface area contributed by atoms with Crippen LogP contribution in [-0.4, -0.2) is 40.8 Å².